The third-order valence-electron chi connectivity index (χ3n) is 5.20. The Morgan fingerprint density at radius 1 is 1.17 bits per heavy atom. The van der Waals surface area contributed by atoms with Gasteiger partial charge < -0.3 is 4.42 Å². The average molecular weight is 417 g/mol. The molecule has 1 fully saturated rings. The van der Waals surface area contributed by atoms with Crippen LogP contribution in [0.5, 0.6) is 0 Å². The largest absolute Gasteiger partial charge is 0.461 e. The topological polar surface area (TPSA) is 60.9 Å². The zero-order valence-corrected chi connectivity index (χ0v) is 16.8. The molecule has 1 aromatic carbocycles. The molecule has 0 N–H and O–H groups in total. The summed E-state index contributed by atoms with van der Waals surface area (Å²) in [5, 5.41) is 8.75. The summed E-state index contributed by atoms with van der Waals surface area (Å²) in [6, 6.07) is 7.10. The van der Waals surface area contributed by atoms with Crippen LogP contribution in [0.15, 0.2) is 46.2 Å². The van der Waals surface area contributed by atoms with Gasteiger partial charge in [0.25, 0.3) is 0 Å². The Kier molecular flexibility index (Phi) is 5.80. The van der Waals surface area contributed by atoms with E-state index in [2.05, 4.69) is 14.8 Å². The van der Waals surface area contributed by atoms with E-state index in [-0.39, 0.29) is 17.4 Å². The molecule has 1 aliphatic rings. The molecule has 4 rings (SSSR count). The van der Waals surface area contributed by atoms with Crippen molar-refractivity contribution < 1.29 is 18.0 Å². The van der Waals surface area contributed by atoms with Gasteiger partial charge in [0.05, 0.1) is 11.5 Å². The highest BCUT2D eigenvalue weighted by Gasteiger charge is 2.27. The van der Waals surface area contributed by atoms with Crippen molar-refractivity contribution in [1.82, 2.24) is 14.8 Å². The number of thioether (sulfide) groups is 1. The van der Waals surface area contributed by atoms with Crippen molar-refractivity contribution in [3.8, 4) is 11.6 Å². The van der Waals surface area contributed by atoms with Crippen LogP contribution in [-0.2, 0) is 0 Å². The van der Waals surface area contributed by atoms with Gasteiger partial charge in [-0.3, -0.25) is 9.36 Å². The van der Waals surface area contributed by atoms with E-state index in [1.807, 2.05) is 6.07 Å². The second kappa shape index (κ2) is 8.49. The summed E-state index contributed by atoms with van der Waals surface area (Å²) in [4.78, 5) is 12.7. The van der Waals surface area contributed by atoms with E-state index in [0.717, 1.165) is 37.8 Å². The number of carbonyl (C=O) groups is 1. The van der Waals surface area contributed by atoms with E-state index in [0.29, 0.717) is 16.7 Å². The lowest BCUT2D eigenvalue weighted by Crippen LogP contribution is -2.18. The lowest BCUT2D eigenvalue weighted by molar-refractivity contribution is 0.0993. The van der Waals surface area contributed by atoms with Crippen molar-refractivity contribution in [2.24, 2.45) is 0 Å². The van der Waals surface area contributed by atoms with Crippen LogP contribution in [-0.4, -0.2) is 25.8 Å². The molecule has 29 heavy (non-hydrogen) atoms. The van der Waals surface area contributed by atoms with Crippen LogP contribution < -0.4 is 0 Å². The molecular weight excluding hydrogens is 396 g/mol. The van der Waals surface area contributed by atoms with E-state index in [9.17, 15) is 13.6 Å². The molecule has 2 aromatic heterocycles. The first-order valence-corrected chi connectivity index (χ1v) is 10.6. The standard InChI is InChI=1S/C21H21F2N3O2S/c1-13(19(27)14-9-10-16(22)17(23)12-14)29-21-25-24-20(18-8-5-11-28-18)26(21)15-6-3-2-4-7-15/h5,8-13,15H,2-4,6-7H2,1H3. The zero-order chi connectivity index (χ0) is 20.4. The van der Waals surface area contributed by atoms with Gasteiger partial charge in [-0.05, 0) is 50.1 Å². The minimum absolute atomic E-state index is 0.138. The molecule has 0 radical (unpaired) electrons. The molecule has 0 bridgehead atoms. The molecule has 152 valence electrons. The SMILES string of the molecule is CC(Sc1nnc(-c2ccco2)n1C1CCCCC1)C(=O)c1ccc(F)c(F)c1. The number of furan rings is 1. The molecular formula is C21H21F2N3O2S. The van der Waals surface area contributed by atoms with Gasteiger partial charge in [-0.1, -0.05) is 31.0 Å². The average Bonchev–Trinajstić information content (AvgIpc) is 3.40. The Balaban J connectivity index is 1.62. The summed E-state index contributed by atoms with van der Waals surface area (Å²) in [6.45, 7) is 1.74. The molecule has 0 amide bonds. The second-order valence-corrected chi connectivity index (χ2v) is 8.51. The fourth-order valence-corrected chi connectivity index (χ4v) is 4.69. The van der Waals surface area contributed by atoms with Crippen molar-refractivity contribution >= 4 is 17.5 Å². The molecule has 0 saturated heterocycles. The first kappa shape index (κ1) is 19.8. The monoisotopic (exact) mass is 417 g/mol. The summed E-state index contributed by atoms with van der Waals surface area (Å²) in [7, 11) is 0. The van der Waals surface area contributed by atoms with E-state index in [1.165, 1.54) is 24.2 Å². The maximum atomic E-state index is 13.5. The lowest BCUT2D eigenvalue weighted by Gasteiger charge is -2.25. The van der Waals surface area contributed by atoms with Crippen molar-refractivity contribution in [2.45, 2.75) is 55.5 Å². The maximum Gasteiger partial charge on any atom is 0.200 e. The van der Waals surface area contributed by atoms with E-state index >= 15 is 0 Å². The fraction of sp³-hybridized carbons (Fsp3) is 0.381. The van der Waals surface area contributed by atoms with Gasteiger partial charge in [-0.15, -0.1) is 10.2 Å². The van der Waals surface area contributed by atoms with Crippen LogP contribution in [0.25, 0.3) is 11.6 Å². The van der Waals surface area contributed by atoms with Crippen LogP contribution in [0.3, 0.4) is 0 Å². The van der Waals surface area contributed by atoms with E-state index in [1.54, 1.807) is 19.3 Å². The molecule has 2 heterocycles. The van der Waals surface area contributed by atoms with E-state index < -0.39 is 16.9 Å². The van der Waals surface area contributed by atoms with Crippen molar-refractivity contribution in [1.29, 1.82) is 0 Å². The van der Waals surface area contributed by atoms with E-state index in [4.69, 9.17) is 4.42 Å². The number of benzene rings is 1. The summed E-state index contributed by atoms with van der Waals surface area (Å²) in [5.74, 6) is -1.00. The first-order valence-electron chi connectivity index (χ1n) is 9.69. The predicted octanol–water partition coefficient (Wildman–Crippen LogP) is 5.69. The normalized spacial score (nSPS) is 16.1. The van der Waals surface area contributed by atoms with Crippen LogP contribution in [0.1, 0.15) is 55.4 Å². The Morgan fingerprint density at radius 2 is 1.97 bits per heavy atom. The van der Waals surface area contributed by atoms with Crippen LogP contribution in [0, 0.1) is 11.6 Å². The Hall–Kier alpha value is -2.48. The van der Waals surface area contributed by atoms with Crippen LogP contribution in [0.4, 0.5) is 8.78 Å². The van der Waals surface area contributed by atoms with Crippen LogP contribution >= 0.6 is 11.8 Å². The van der Waals surface area contributed by atoms with Gasteiger partial charge >= 0.3 is 0 Å². The molecule has 8 heteroatoms. The second-order valence-electron chi connectivity index (χ2n) is 7.20. The number of hydrogen-bond acceptors (Lipinski definition) is 5. The Bertz CT molecular complexity index is 998. The smallest absolute Gasteiger partial charge is 0.200 e. The Morgan fingerprint density at radius 3 is 2.66 bits per heavy atom. The summed E-state index contributed by atoms with van der Waals surface area (Å²) < 4.78 is 34.3. The first-order chi connectivity index (χ1) is 14.0. The summed E-state index contributed by atoms with van der Waals surface area (Å²) >= 11 is 1.28. The van der Waals surface area contributed by atoms with Gasteiger partial charge in [-0.2, -0.15) is 0 Å². The third-order valence-corrected chi connectivity index (χ3v) is 6.26. The number of ketones is 1. The number of rotatable bonds is 6. The minimum atomic E-state index is -1.03. The maximum absolute atomic E-state index is 13.5. The highest BCUT2D eigenvalue weighted by molar-refractivity contribution is 8.00. The number of hydrogen-bond donors (Lipinski definition) is 0. The molecule has 1 atom stereocenters. The molecule has 5 nitrogen and oxygen atoms in total. The van der Waals surface area contributed by atoms with Gasteiger partial charge in [0.2, 0.25) is 5.82 Å². The van der Waals surface area contributed by atoms with Crippen molar-refractivity contribution in [2.75, 3.05) is 0 Å². The van der Waals surface area contributed by atoms with Gasteiger partial charge in [-0.25, -0.2) is 8.78 Å². The summed E-state index contributed by atoms with van der Waals surface area (Å²) in [5.41, 5.74) is 0.138. The van der Waals surface area contributed by atoms with Crippen molar-refractivity contribution in [3.05, 3.63) is 53.8 Å². The third kappa shape index (κ3) is 4.12. The quantitative estimate of drug-likeness (QED) is 0.381. The minimum Gasteiger partial charge on any atom is -0.461 e. The molecule has 0 aliphatic heterocycles. The van der Waals surface area contributed by atoms with Gasteiger partial charge in [0.15, 0.2) is 28.3 Å². The van der Waals surface area contributed by atoms with Crippen LogP contribution in [0.2, 0.25) is 0 Å². The van der Waals surface area contributed by atoms with Crippen molar-refractivity contribution in [3.63, 3.8) is 0 Å². The molecule has 0 spiro atoms. The summed E-state index contributed by atoms with van der Waals surface area (Å²) in [6.07, 6.45) is 7.11. The Labute approximate surface area is 171 Å². The number of carbonyl (C=O) groups excluding carboxylic acids is 1. The lowest BCUT2D eigenvalue weighted by atomic mass is 9.95. The fourth-order valence-electron chi connectivity index (χ4n) is 3.70. The van der Waals surface area contributed by atoms with Gasteiger partial charge in [0, 0.05) is 11.6 Å². The number of nitrogens with zero attached hydrogens (tertiary/aromatic N) is 3. The highest BCUT2D eigenvalue weighted by Crippen LogP contribution is 2.37. The predicted molar refractivity (Wildman–Crippen MR) is 106 cm³/mol. The number of Topliss-reactive ketones (excluding diaryl/α,β-unsaturated/α-hetero) is 1. The molecule has 1 unspecified atom stereocenters. The number of aromatic nitrogens is 3. The molecule has 1 saturated carbocycles. The highest BCUT2D eigenvalue weighted by atomic mass is 32.2. The van der Waals surface area contributed by atoms with Gasteiger partial charge in [0.1, 0.15) is 0 Å². The number of halogens is 2. The zero-order valence-electron chi connectivity index (χ0n) is 16.0. The molecule has 1 aliphatic carbocycles. The molecule has 3 aromatic rings.